The highest BCUT2D eigenvalue weighted by atomic mass is 16.5. The maximum atomic E-state index is 8.52. The summed E-state index contributed by atoms with van der Waals surface area (Å²) in [4.78, 5) is 7.91. The molecule has 0 aliphatic heterocycles. The first-order valence-electron chi connectivity index (χ1n) is 4.07. The normalized spacial score (nSPS) is 10.0. The van der Waals surface area contributed by atoms with Crippen molar-refractivity contribution in [1.29, 1.82) is 0 Å². The Bertz CT molecular complexity index is 258. The molecule has 5 nitrogen and oxygen atoms in total. The van der Waals surface area contributed by atoms with Gasteiger partial charge in [0.1, 0.15) is 11.6 Å². The first-order valence-corrected chi connectivity index (χ1v) is 4.07. The minimum absolute atomic E-state index is 0.111. The van der Waals surface area contributed by atoms with Gasteiger partial charge < -0.3 is 15.6 Å². The number of nitrogens with two attached hydrogens (primary N) is 1. The van der Waals surface area contributed by atoms with Crippen LogP contribution in [-0.4, -0.2) is 28.3 Å². The second kappa shape index (κ2) is 4.61. The Labute approximate surface area is 76.6 Å². The number of ether oxygens (including phenoxy) is 1. The average molecular weight is 183 g/mol. The average Bonchev–Trinajstić information content (AvgIpc) is 2.03. The number of aryl methyl sites for hydroxylation is 1. The first kappa shape index (κ1) is 9.73. The summed E-state index contributed by atoms with van der Waals surface area (Å²) < 4.78 is 5.22. The van der Waals surface area contributed by atoms with Gasteiger partial charge in [-0.3, -0.25) is 0 Å². The summed E-state index contributed by atoms with van der Waals surface area (Å²) in [5, 5.41) is 8.52. The summed E-state index contributed by atoms with van der Waals surface area (Å²) >= 11 is 0. The van der Waals surface area contributed by atoms with Gasteiger partial charge in [-0.05, 0) is 6.92 Å². The van der Waals surface area contributed by atoms with Crippen LogP contribution in [0.1, 0.15) is 12.2 Å². The molecule has 0 radical (unpaired) electrons. The number of anilines is 1. The van der Waals surface area contributed by atoms with Crippen molar-refractivity contribution in [3.63, 3.8) is 0 Å². The first-order chi connectivity index (χ1) is 6.22. The van der Waals surface area contributed by atoms with Crippen molar-refractivity contribution in [1.82, 2.24) is 9.97 Å². The molecule has 0 spiro atoms. The summed E-state index contributed by atoms with van der Waals surface area (Å²) in [6.45, 7) is 2.29. The number of aromatic nitrogens is 2. The Morgan fingerprint density at radius 3 is 2.92 bits per heavy atom. The van der Waals surface area contributed by atoms with Crippen LogP contribution in [0.5, 0.6) is 5.88 Å². The fourth-order valence-corrected chi connectivity index (χ4v) is 0.878. The van der Waals surface area contributed by atoms with Crippen LogP contribution in [0.25, 0.3) is 0 Å². The van der Waals surface area contributed by atoms with E-state index in [0.29, 0.717) is 30.5 Å². The van der Waals surface area contributed by atoms with Crippen molar-refractivity contribution >= 4 is 5.82 Å². The minimum atomic E-state index is 0.111. The summed E-state index contributed by atoms with van der Waals surface area (Å²) in [7, 11) is 0. The molecule has 5 heteroatoms. The van der Waals surface area contributed by atoms with Gasteiger partial charge >= 0.3 is 0 Å². The third-order valence-corrected chi connectivity index (χ3v) is 1.39. The van der Waals surface area contributed by atoms with Crippen molar-refractivity contribution < 1.29 is 9.84 Å². The Kier molecular flexibility index (Phi) is 3.45. The fraction of sp³-hybridized carbons (Fsp3) is 0.500. The smallest absolute Gasteiger partial charge is 0.218 e. The predicted octanol–water partition coefficient (Wildman–Crippen LogP) is 0.128. The van der Waals surface area contributed by atoms with Crippen LogP contribution in [0.3, 0.4) is 0 Å². The van der Waals surface area contributed by atoms with E-state index in [2.05, 4.69) is 9.97 Å². The zero-order valence-electron chi connectivity index (χ0n) is 7.53. The van der Waals surface area contributed by atoms with Crippen LogP contribution < -0.4 is 10.5 Å². The van der Waals surface area contributed by atoms with Crippen molar-refractivity contribution in [2.75, 3.05) is 18.9 Å². The van der Waals surface area contributed by atoms with E-state index in [1.54, 1.807) is 13.0 Å². The third kappa shape index (κ3) is 3.25. The molecule has 0 amide bonds. The number of aliphatic hydroxyl groups is 1. The molecule has 1 heterocycles. The topological polar surface area (TPSA) is 81.3 Å². The van der Waals surface area contributed by atoms with E-state index in [9.17, 15) is 0 Å². The molecule has 0 aliphatic rings. The van der Waals surface area contributed by atoms with Gasteiger partial charge in [0.05, 0.1) is 6.61 Å². The summed E-state index contributed by atoms with van der Waals surface area (Å²) in [5.41, 5.74) is 5.48. The highest BCUT2D eigenvalue weighted by Crippen LogP contribution is 2.10. The van der Waals surface area contributed by atoms with E-state index < -0.39 is 0 Å². The number of hydrogen-bond donors (Lipinski definition) is 2. The highest BCUT2D eigenvalue weighted by molar-refractivity contribution is 5.32. The molecule has 0 atom stereocenters. The summed E-state index contributed by atoms with van der Waals surface area (Å²) in [5.74, 6) is 1.43. The van der Waals surface area contributed by atoms with Crippen LogP contribution >= 0.6 is 0 Å². The van der Waals surface area contributed by atoms with Gasteiger partial charge in [-0.25, -0.2) is 4.98 Å². The number of aliphatic hydroxyl groups excluding tert-OH is 1. The summed E-state index contributed by atoms with van der Waals surface area (Å²) in [6, 6.07) is 1.56. The second-order valence-corrected chi connectivity index (χ2v) is 2.60. The number of rotatable bonds is 4. The van der Waals surface area contributed by atoms with E-state index in [0.717, 1.165) is 0 Å². The molecule has 1 aromatic rings. The summed E-state index contributed by atoms with van der Waals surface area (Å²) in [6.07, 6.45) is 0.586. The van der Waals surface area contributed by atoms with Gasteiger partial charge in [0.15, 0.2) is 0 Å². The van der Waals surface area contributed by atoms with Gasteiger partial charge in [0.25, 0.3) is 0 Å². The molecular weight excluding hydrogens is 170 g/mol. The predicted molar refractivity (Wildman–Crippen MR) is 48.4 cm³/mol. The molecule has 0 bridgehead atoms. The van der Waals surface area contributed by atoms with Crippen molar-refractivity contribution in [3.05, 3.63) is 11.9 Å². The minimum Gasteiger partial charge on any atom is -0.477 e. The lowest BCUT2D eigenvalue weighted by Gasteiger charge is -2.04. The highest BCUT2D eigenvalue weighted by Gasteiger charge is 1.99. The Morgan fingerprint density at radius 1 is 1.54 bits per heavy atom. The Hall–Kier alpha value is -1.36. The third-order valence-electron chi connectivity index (χ3n) is 1.39. The molecule has 0 unspecified atom stereocenters. The van der Waals surface area contributed by atoms with Crippen LogP contribution in [0.15, 0.2) is 6.07 Å². The monoisotopic (exact) mass is 183 g/mol. The van der Waals surface area contributed by atoms with Crippen molar-refractivity contribution in [3.8, 4) is 5.88 Å². The van der Waals surface area contributed by atoms with Gasteiger partial charge in [0, 0.05) is 19.1 Å². The van der Waals surface area contributed by atoms with Gasteiger partial charge in [-0.15, -0.1) is 0 Å². The SMILES string of the molecule is Cc1nc(N)cc(OCCCO)n1. The number of nitrogens with zero attached hydrogens (tertiary/aromatic N) is 2. The molecule has 0 fully saturated rings. The number of nitrogen functional groups attached to an aromatic ring is 1. The molecule has 0 aliphatic carbocycles. The molecule has 72 valence electrons. The molecular formula is C8H13N3O2. The van der Waals surface area contributed by atoms with E-state index in [1.165, 1.54) is 0 Å². The molecule has 1 rings (SSSR count). The zero-order chi connectivity index (χ0) is 9.68. The van der Waals surface area contributed by atoms with E-state index in [-0.39, 0.29) is 6.61 Å². The van der Waals surface area contributed by atoms with Crippen molar-refractivity contribution in [2.45, 2.75) is 13.3 Å². The van der Waals surface area contributed by atoms with Crippen LogP contribution in [-0.2, 0) is 0 Å². The molecule has 0 saturated carbocycles. The largest absolute Gasteiger partial charge is 0.477 e. The maximum absolute atomic E-state index is 8.52. The van der Waals surface area contributed by atoms with Crippen LogP contribution in [0, 0.1) is 6.92 Å². The van der Waals surface area contributed by atoms with E-state index in [4.69, 9.17) is 15.6 Å². The molecule has 3 N–H and O–H groups in total. The van der Waals surface area contributed by atoms with Gasteiger partial charge in [-0.1, -0.05) is 0 Å². The quantitative estimate of drug-likeness (QED) is 0.648. The second-order valence-electron chi connectivity index (χ2n) is 2.60. The lowest BCUT2D eigenvalue weighted by Crippen LogP contribution is -2.04. The Balaban J connectivity index is 2.56. The van der Waals surface area contributed by atoms with Crippen molar-refractivity contribution in [2.24, 2.45) is 0 Å². The van der Waals surface area contributed by atoms with Crippen LogP contribution in [0.2, 0.25) is 0 Å². The van der Waals surface area contributed by atoms with Gasteiger partial charge in [0.2, 0.25) is 5.88 Å². The maximum Gasteiger partial charge on any atom is 0.218 e. The molecule has 13 heavy (non-hydrogen) atoms. The standard InChI is InChI=1S/C8H13N3O2/c1-6-10-7(9)5-8(11-6)13-4-2-3-12/h5,12H,2-4H2,1H3,(H2,9,10,11). The Morgan fingerprint density at radius 2 is 2.31 bits per heavy atom. The molecule has 0 saturated heterocycles. The lowest BCUT2D eigenvalue weighted by molar-refractivity contribution is 0.229. The van der Waals surface area contributed by atoms with Gasteiger partial charge in [-0.2, -0.15) is 4.98 Å². The van der Waals surface area contributed by atoms with Crippen LogP contribution in [0.4, 0.5) is 5.82 Å². The fourth-order valence-electron chi connectivity index (χ4n) is 0.878. The number of hydrogen-bond acceptors (Lipinski definition) is 5. The molecule has 0 aromatic carbocycles. The molecule has 1 aromatic heterocycles. The zero-order valence-corrected chi connectivity index (χ0v) is 7.53. The lowest BCUT2D eigenvalue weighted by atomic mass is 10.5. The van der Waals surface area contributed by atoms with E-state index >= 15 is 0 Å². The van der Waals surface area contributed by atoms with E-state index in [1.807, 2.05) is 0 Å².